The van der Waals surface area contributed by atoms with Crippen molar-refractivity contribution in [3.05, 3.63) is 114 Å². The van der Waals surface area contributed by atoms with Gasteiger partial charge in [0, 0.05) is 63.1 Å². The molecule has 10 nitrogen and oxygen atoms in total. The van der Waals surface area contributed by atoms with Crippen molar-refractivity contribution in [3.63, 3.8) is 0 Å². The Bertz CT molecular complexity index is 2740. The second-order valence-corrected chi connectivity index (χ2v) is 18.6. The molecule has 0 atom stereocenters. The summed E-state index contributed by atoms with van der Waals surface area (Å²) < 4.78 is 84.2. The average molecular weight is 806 g/mol. The highest BCUT2D eigenvalue weighted by Gasteiger charge is 2.37. The molecule has 0 unspecified atom stereocenters. The summed E-state index contributed by atoms with van der Waals surface area (Å²) in [6.07, 6.45) is 3.53. The number of rotatable bonds is 7. The number of ether oxygens (including phenoxy) is 1. The molecular formula is C36H25N2O8S6+. The first-order valence-corrected chi connectivity index (χ1v) is 21.8. The molecule has 0 aliphatic carbocycles. The number of benzene rings is 4. The number of nitrogens with zero attached hydrogens (tertiary/aromatic N) is 2. The highest BCUT2D eigenvalue weighted by molar-refractivity contribution is 8.05. The second kappa shape index (κ2) is 13.4. The summed E-state index contributed by atoms with van der Waals surface area (Å²) in [5.41, 5.74) is 6.44. The minimum absolute atomic E-state index is 0.0202. The van der Waals surface area contributed by atoms with Gasteiger partial charge in [-0.1, -0.05) is 88.5 Å². The molecule has 262 valence electrons. The van der Waals surface area contributed by atoms with Crippen LogP contribution in [0.5, 0.6) is 5.75 Å². The van der Waals surface area contributed by atoms with Gasteiger partial charge in [-0.15, -0.1) is 0 Å². The molecular weight excluding hydrogens is 781 g/mol. The average Bonchev–Trinajstić information content (AvgIpc) is 3.60. The Morgan fingerprint density at radius 3 is 1.94 bits per heavy atom. The van der Waals surface area contributed by atoms with E-state index in [1.807, 2.05) is 73.7 Å². The van der Waals surface area contributed by atoms with Gasteiger partial charge in [0.1, 0.15) is 0 Å². The fourth-order valence-corrected chi connectivity index (χ4v) is 11.5. The van der Waals surface area contributed by atoms with Crippen molar-refractivity contribution in [2.45, 2.75) is 52.5 Å². The summed E-state index contributed by atoms with van der Waals surface area (Å²) in [4.78, 5) is 9.25. The van der Waals surface area contributed by atoms with E-state index in [4.69, 9.17) is 9.15 Å². The van der Waals surface area contributed by atoms with Gasteiger partial charge in [0.05, 0.1) is 11.8 Å². The van der Waals surface area contributed by atoms with Gasteiger partial charge in [-0.05, 0) is 55.0 Å². The zero-order chi connectivity index (χ0) is 36.4. The van der Waals surface area contributed by atoms with E-state index in [9.17, 15) is 25.9 Å². The van der Waals surface area contributed by atoms with Gasteiger partial charge in [-0.3, -0.25) is 14.0 Å². The lowest BCUT2D eigenvalue weighted by molar-refractivity contribution is -0.553. The van der Waals surface area contributed by atoms with Crippen LogP contribution in [0.15, 0.2) is 152 Å². The maximum Gasteiger partial charge on any atom is 0.385 e. The molecule has 3 aliphatic heterocycles. The van der Waals surface area contributed by atoms with E-state index in [0.29, 0.717) is 34.5 Å². The molecule has 1 aromatic heterocycles. The van der Waals surface area contributed by atoms with Crippen molar-refractivity contribution < 1.29 is 39.7 Å². The first-order valence-electron chi connectivity index (χ1n) is 15.4. The molecule has 4 heterocycles. The Labute approximate surface area is 316 Å². The predicted octanol–water partition coefficient (Wildman–Crippen LogP) is 8.96. The number of allylic oxidation sites excluding steroid dienone is 2. The third-order valence-electron chi connectivity index (χ3n) is 8.04. The third-order valence-corrected chi connectivity index (χ3v) is 14.4. The van der Waals surface area contributed by atoms with E-state index in [1.54, 1.807) is 53.5 Å². The molecule has 16 heteroatoms. The van der Waals surface area contributed by atoms with Gasteiger partial charge in [0.2, 0.25) is 11.5 Å². The summed E-state index contributed by atoms with van der Waals surface area (Å²) in [5.74, 6) is -0.226. The molecule has 4 aromatic carbocycles. The Morgan fingerprint density at radius 2 is 1.40 bits per heavy atom. The van der Waals surface area contributed by atoms with Crippen LogP contribution in [0.1, 0.15) is 19.2 Å². The lowest BCUT2D eigenvalue weighted by Crippen LogP contribution is -2.37. The van der Waals surface area contributed by atoms with Crippen LogP contribution in [0.25, 0.3) is 22.2 Å². The van der Waals surface area contributed by atoms with E-state index in [-0.39, 0.29) is 11.8 Å². The lowest BCUT2D eigenvalue weighted by Gasteiger charge is -2.20. The van der Waals surface area contributed by atoms with Gasteiger partial charge >= 0.3 is 21.0 Å². The molecule has 0 fully saturated rings. The van der Waals surface area contributed by atoms with Crippen LogP contribution in [-0.2, 0) is 20.2 Å². The topological polar surface area (TPSA) is 138 Å². The van der Waals surface area contributed by atoms with Crippen molar-refractivity contribution in [1.82, 2.24) is 0 Å². The van der Waals surface area contributed by atoms with Crippen LogP contribution < -0.4 is 14.2 Å². The molecule has 0 spiro atoms. The highest BCUT2D eigenvalue weighted by atomic mass is 32.2. The van der Waals surface area contributed by atoms with E-state index >= 15 is 0 Å². The first kappa shape index (κ1) is 35.0. The molecule has 3 aliphatic rings. The lowest BCUT2D eigenvalue weighted by atomic mass is 10.2. The number of hydrogen-bond donors (Lipinski definition) is 2. The van der Waals surface area contributed by atoms with Crippen LogP contribution in [-0.4, -0.2) is 31.8 Å². The van der Waals surface area contributed by atoms with Gasteiger partial charge in [-0.25, -0.2) is 0 Å². The van der Waals surface area contributed by atoms with Crippen molar-refractivity contribution in [3.8, 4) is 5.75 Å². The highest BCUT2D eigenvalue weighted by Crippen LogP contribution is 2.54. The molecule has 0 amide bonds. The molecule has 0 saturated carbocycles. The molecule has 0 bridgehead atoms. The van der Waals surface area contributed by atoms with Gasteiger partial charge in [-0.2, -0.15) is 16.8 Å². The molecule has 0 saturated heterocycles. The largest absolute Gasteiger partial charge is 0.439 e. The number of anilines is 1. The maximum atomic E-state index is 12.8. The predicted molar refractivity (Wildman–Crippen MR) is 202 cm³/mol. The van der Waals surface area contributed by atoms with Crippen molar-refractivity contribution >= 4 is 95.2 Å². The quantitative estimate of drug-likeness (QED) is 0.0902. The summed E-state index contributed by atoms with van der Waals surface area (Å²) in [6, 6.07) is 23.2. The van der Waals surface area contributed by atoms with Gasteiger partial charge in [0.15, 0.2) is 11.6 Å². The fraction of sp³-hybridized carbons (Fsp3) is 0.0833. The van der Waals surface area contributed by atoms with Crippen LogP contribution in [0.3, 0.4) is 0 Å². The van der Waals surface area contributed by atoms with Crippen LogP contribution in [0, 0.1) is 0 Å². The molecule has 0 radical (unpaired) electrons. The van der Waals surface area contributed by atoms with E-state index in [0.717, 1.165) is 39.2 Å². The normalized spacial score (nSPS) is 15.6. The van der Waals surface area contributed by atoms with Crippen LogP contribution in [0.4, 0.5) is 5.69 Å². The van der Waals surface area contributed by atoms with Crippen LogP contribution >= 0.6 is 47.0 Å². The minimum atomic E-state index is -4.87. The zero-order valence-electron chi connectivity index (χ0n) is 26.9. The Kier molecular flexibility index (Phi) is 9.03. The third kappa shape index (κ3) is 6.67. The number of oxazole rings is 1. The molecule has 8 rings (SSSR count). The Morgan fingerprint density at radius 1 is 0.846 bits per heavy atom. The number of fused-ring (bicyclic) bond motifs is 6. The van der Waals surface area contributed by atoms with Crippen molar-refractivity contribution in [2.24, 2.45) is 0 Å². The number of aromatic nitrogens is 1. The summed E-state index contributed by atoms with van der Waals surface area (Å²) >= 11 is 6.22. The second-order valence-electron chi connectivity index (χ2n) is 11.5. The van der Waals surface area contributed by atoms with E-state index in [2.05, 4.69) is 18.0 Å². The van der Waals surface area contributed by atoms with E-state index in [1.165, 1.54) is 21.2 Å². The van der Waals surface area contributed by atoms with Crippen molar-refractivity contribution in [1.29, 1.82) is 0 Å². The minimum Gasteiger partial charge on any atom is -0.439 e. The molecule has 5 aromatic rings. The first-order chi connectivity index (χ1) is 24.9. The zero-order valence-corrected chi connectivity index (χ0v) is 31.8. The number of hydrogen-bond acceptors (Lipinski definition) is 11. The monoisotopic (exact) mass is 805 g/mol. The fourth-order valence-electron chi connectivity index (χ4n) is 5.79. The maximum absolute atomic E-state index is 12.8. The molecule has 2 N–H and O–H groups in total. The van der Waals surface area contributed by atoms with E-state index < -0.39 is 31.1 Å². The smallest absolute Gasteiger partial charge is 0.385 e. The SMILES string of the molecule is C=C=C=C([n+]1c(C=C(C=C2Oc3cc4c(cc3N2CS(=O)(=O)O)Sc2ccccc2S4)CC)oc2cc3c(cc21)Sc1ccccc1S3)S(=O)(=O)O. The Hall–Kier alpha value is -4.05. The van der Waals surface area contributed by atoms with Gasteiger partial charge < -0.3 is 9.15 Å². The summed E-state index contributed by atoms with van der Waals surface area (Å²) in [5, 5.41) is -0.650. The summed E-state index contributed by atoms with van der Waals surface area (Å²) in [7, 11) is -9.39. The van der Waals surface area contributed by atoms with Crippen LogP contribution in [0.2, 0.25) is 0 Å². The standard InChI is InChI=1S/C36H24N2O8S6/c1-3-9-36(52(42,43)44)38-23-17-31-33(50-29-13-8-6-11-27(29)48-31)19-25(23)46-35(38)15-21(4-2)14-34-37(20-51(39,40)41)22-16-30-32(18-24(22)45-34)49-28-12-7-5-10-26(28)47-30/h5-8,10-19H,1,4,20H2,2H3,(H-,39,40,41,42,43,44)/p+1. The molecule has 52 heavy (non-hydrogen) atoms. The van der Waals surface area contributed by atoms with Crippen molar-refractivity contribution in [2.75, 3.05) is 10.8 Å². The Balaban J connectivity index is 1.26. The summed E-state index contributed by atoms with van der Waals surface area (Å²) in [6.45, 7) is 5.32. The van der Waals surface area contributed by atoms with Gasteiger partial charge in [0.25, 0.3) is 15.6 Å².